The number of benzene rings is 2. The Morgan fingerprint density at radius 1 is 1.09 bits per heavy atom. The third-order valence-electron chi connectivity index (χ3n) is 3.43. The van der Waals surface area contributed by atoms with Crippen molar-refractivity contribution < 1.29 is 4.39 Å². The van der Waals surface area contributed by atoms with E-state index in [1.54, 1.807) is 23.5 Å². The molecule has 116 valence electrons. The number of halogens is 1. The van der Waals surface area contributed by atoms with Gasteiger partial charge in [0.25, 0.3) is 0 Å². The van der Waals surface area contributed by atoms with Gasteiger partial charge in [-0.05, 0) is 31.5 Å². The van der Waals surface area contributed by atoms with Gasteiger partial charge in [0, 0.05) is 10.4 Å². The number of hydrazone groups is 1. The fraction of sp³-hybridized carbons (Fsp3) is 0.111. The van der Waals surface area contributed by atoms with Gasteiger partial charge in [-0.3, -0.25) is 5.43 Å². The van der Waals surface area contributed by atoms with E-state index in [4.69, 9.17) is 0 Å². The zero-order valence-electron chi connectivity index (χ0n) is 12.9. The SMILES string of the molecule is C/C(=N/Nc1nc(-c2ccccc2)c(C)s1)c1ccc(F)cc1. The van der Waals surface area contributed by atoms with Gasteiger partial charge in [0.05, 0.1) is 11.4 Å². The number of hydrogen-bond donors (Lipinski definition) is 1. The Morgan fingerprint density at radius 3 is 2.48 bits per heavy atom. The summed E-state index contributed by atoms with van der Waals surface area (Å²) < 4.78 is 12.9. The summed E-state index contributed by atoms with van der Waals surface area (Å²) in [5.74, 6) is -0.252. The lowest BCUT2D eigenvalue weighted by atomic mass is 10.1. The van der Waals surface area contributed by atoms with Gasteiger partial charge in [0.15, 0.2) is 0 Å². The second-order valence-corrected chi connectivity index (χ2v) is 6.31. The number of aromatic nitrogens is 1. The molecular weight excluding hydrogens is 309 g/mol. The van der Waals surface area contributed by atoms with Crippen molar-refractivity contribution in [3.8, 4) is 11.3 Å². The van der Waals surface area contributed by atoms with E-state index in [0.29, 0.717) is 0 Å². The zero-order valence-corrected chi connectivity index (χ0v) is 13.7. The molecule has 0 saturated heterocycles. The highest BCUT2D eigenvalue weighted by Crippen LogP contribution is 2.30. The summed E-state index contributed by atoms with van der Waals surface area (Å²) in [4.78, 5) is 5.73. The van der Waals surface area contributed by atoms with Crippen LogP contribution in [0.5, 0.6) is 0 Å². The lowest BCUT2D eigenvalue weighted by molar-refractivity contribution is 0.628. The predicted octanol–water partition coefficient (Wildman–Crippen LogP) is 5.09. The molecule has 1 heterocycles. The summed E-state index contributed by atoms with van der Waals surface area (Å²) in [5, 5.41) is 5.07. The second-order valence-electron chi connectivity index (χ2n) is 5.11. The van der Waals surface area contributed by atoms with E-state index in [-0.39, 0.29) is 5.82 Å². The van der Waals surface area contributed by atoms with E-state index >= 15 is 0 Å². The first-order valence-electron chi connectivity index (χ1n) is 7.22. The van der Waals surface area contributed by atoms with Gasteiger partial charge in [0.2, 0.25) is 5.13 Å². The smallest absolute Gasteiger partial charge is 0.204 e. The van der Waals surface area contributed by atoms with Crippen LogP contribution < -0.4 is 5.43 Å². The van der Waals surface area contributed by atoms with Crippen molar-refractivity contribution in [3.63, 3.8) is 0 Å². The van der Waals surface area contributed by atoms with Crippen LogP contribution in [0.1, 0.15) is 17.4 Å². The summed E-state index contributed by atoms with van der Waals surface area (Å²) in [6.07, 6.45) is 0. The molecule has 3 nitrogen and oxygen atoms in total. The molecule has 1 N–H and O–H groups in total. The van der Waals surface area contributed by atoms with Crippen LogP contribution in [0.4, 0.5) is 9.52 Å². The monoisotopic (exact) mass is 325 g/mol. The van der Waals surface area contributed by atoms with Crippen molar-refractivity contribution in [1.82, 2.24) is 4.98 Å². The van der Waals surface area contributed by atoms with E-state index < -0.39 is 0 Å². The molecule has 0 aliphatic rings. The normalized spacial score (nSPS) is 11.5. The first kappa shape index (κ1) is 15.4. The Bertz CT molecular complexity index is 823. The van der Waals surface area contributed by atoms with Crippen molar-refractivity contribution >= 4 is 22.2 Å². The number of nitrogens with zero attached hydrogens (tertiary/aromatic N) is 2. The Kier molecular flexibility index (Phi) is 4.48. The summed E-state index contributed by atoms with van der Waals surface area (Å²) >= 11 is 1.56. The fourth-order valence-electron chi connectivity index (χ4n) is 2.20. The zero-order chi connectivity index (χ0) is 16.2. The van der Waals surface area contributed by atoms with E-state index in [1.807, 2.05) is 44.2 Å². The number of anilines is 1. The van der Waals surface area contributed by atoms with Crippen molar-refractivity contribution in [2.75, 3.05) is 5.43 Å². The fourth-order valence-corrected chi connectivity index (χ4v) is 2.97. The molecule has 1 aromatic heterocycles. The maximum absolute atomic E-state index is 12.9. The minimum Gasteiger partial charge on any atom is -0.252 e. The summed E-state index contributed by atoms with van der Waals surface area (Å²) in [6.45, 7) is 3.92. The highest BCUT2D eigenvalue weighted by Gasteiger charge is 2.09. The topological polar surface area (TPSA) is 37.3 Å². The molecule has 5 heteroatoms. The Labute approximate surface area is 138 Å². The van der Waals surface area contributed by atoms with Crippen molar-refractivity contribution in [1.29, 1.82) is 0 Å². The molecule has 3 rings (SSSR count). The Balaban J connectivity index is 1.79. The second kappa shape index (κ2) is 6.71. The molecule has 0 spiro atoms. The minimum absolute atomic E-state index is 0.252. The van der Waals surface area contributed by atoms with Gasteiger partial charge in [0.1, 0.15) is 5.82 Å². The lowest BCUT2D eigenvalue weighted by Gasteiger charge is -2.01. The van der Waals surface area contributed by atoms with Gasteiger partial charge in [-0.1, -0.05) is 42.5 Å². The maximum atomic E-state index is 12.9. The average molecular weight is 325 g/mol. The molecule has 2 aromatic carbocycles. The van der Waals surface area contributed by atoms with Crippen LogP contribution in [0, 0.1) is 12.7 Å². The van der Waals surface area contributed by atoms with E-state index in [1.165, 1.54) is 12.1 Å². The Morgan fingerprint density at radius 2 is 1.78 bits per heavy atom. The molecule has 0 saturated carbocycles. The number of thiazole rings is 1. The van der Waals surface area contributed by atoms with Crippen LogP contribution in [0.3, 0.4) is 0 Å². The minimum atomic E-state index is -0.252. The number of hydrogen-bond acceptors (Lipinski definition) is 4. The van der Waals surface area contributed by atoms with Gasteiger partial charge < -0.3 is 0 Å². The van der Waals surface area contributed by atoms with Gasteiger partial charge in [-0.2, -0.15) is 5.10 Å². The highest BCUT2D eigenvalue weighted by molar-refractivity contribution is 7.15. The van der Waals surface area contributed by atoms with Gasteiger partial charge in [-0.15, -0.1) is 11.3 Å². The molecule has 23 heavy (non-hydrogen) atoms. The molecule has 0 amide bonds. The number of aryl methyl sites for hydroxylation is 1. The van der Waals surface area contributed by atoms with Crippen molar-refractivity contribution in [2.45, 2.75) is 13.8 Å². The molecule has 3 aromatic rings. The van der Waals surface area contributed by atoms with Crippen LogP contribution in [0.15, 0.2) is 59.7 Å². The standard InChI is InChI=1S/C18H16FN3S/c1-12(14-8-10-16(19)11-9-14)21-22-18-20-17(13(2)23-18)15-6-4-3-5-7-15/h3-11H,1-2H3,(H,20,22)/b21-12-. The summed E-state index contributed by atoms with van der Waals surface area (Å²) in [5.41, 5.74) is 6.69. The van der Waals surface area contributed by atoms with Crippen molar-refractivity contribution in [3.05, 3.63) is 70.9 Å². The van der Waals surface area contributed by atoms with Crippen LogP contribution >= 0.6 is 11.3 Å². The third kappa shape index (κ3) is 3.63. The third-order valence-corrected chi connectivity index (χ3v) is 4.30. The molecule has 0 atom stereocenters. The molecule has 0 aliphatic heterocycles. The first-order chi connectivity index (χ1) is 11.1. The molecule has 0 radical (unpaired) electrons. The van der Waals surface area contributed by atoms with E-state index in [2.05, 4.69) is 15.5 Å². The van der Waals surface area contributed by atoms with Gasteiger partial charge in [-0.25, -0.2) is 9.37 Å². The number of rotatable bonds is 4. The van der Waals surface area contributed by atoms with Crippen molar-refractivity contribution in [2.24, 2.45) is 5.10 Å². The maximum Gasteiger partial charge on any atom is 0.204 e. The van der Waals surface area contributed by atoms with Crippen LogP contribution in [0.2, 0.25) is 0 Å². The first-order valence-corrected chi connectivity index (χ1v) is 8.04. The Hall–Kier alpha value is -2.53. The average Bonchev–Trinajstić information content (AvgIpc) is 2.95. The van der Waals surface area contributed by atoms with E-state index in [9.17, 15) is 4.39 Å². The molecule has 0 aliphatic carbocycles. The van der Waals surface area contributed by atoms with Crippen LogP contribution in [-0.4, -0.2) is 10.7 Å². The molecular formula is C18H16FN3S. The van der Waals surface area contributed by atoms with Crippen LogP contribution in [-0.2, 0) is 0 Å². The molecule has 0 unspecified atom stereocenters. The predicted molar refractivity (Wildman–Crippen MR) is 94.5 cm³/mol. The number of nitrogens with one attached hydrogen (secondary N) is 1. The lowest BCUT2D eigenvalue weighted by Crippen LogP contribution is -1.99. The quantitative estimate of drug-likeness (QED) is 0.535. The molecule has 0 fully saturated rings. The summed E-state index contributed by atoms with van der Waals surface area (Å²) in [6, 6.07) is 16.3. The van der Waals surface area contributed by atoms with Gasteiger partial charge >= 0.3 is 0 Å². The summed E-state index contributed by atoms with van der Waals surface area (Å²) in [7, 11) is 0. The largest absolute Gasteiger partial charge is 0.252 e. The van der Waals surface area contributed by atoms with E-state index in [0.717, 1.165) is 32.5 Å². The molecule has 0 bridgehead atoms. The van der Waals surface area contributed by atoms with Crippen LogP contribution in [0.25, 0.3) is 11.3 Å². The highest BCUT2D eigenvalue weighted by atomic mass is 32.1.